The highest BCUT2D eigenvalue weighted by Crippen LogP contribution is 2.36. The Morgan fingerprint density at radius 2 is 1.95 bits per heavy atom. The van der Waals surface area contributed by atoms with Crippen molar-refractivity contribution in [3.05, 3.63) is 64.7 Å². The average Bonchev–Trinajstić information content (AvgIpc) is 3.43. The van der Waals surface area contributed by atoms with Crippen LogP contribution in [0.5, 0.6) is 0 Å². The van der Waals surface area contributed by atoms with Gasteiger partial charge in [-0.2, -0.15) is 13.2 Å². The molecule has 1 saturated heterocycles. The number of hydrogen-bond donors (Lipinski definition) is 2. The Balaban J connectivity index is 1.43. The predicted octanol–water partition coefficient (Wildman–Crippen LogP) is 4.23. The van der Waals surface area contributed by atoms with Crippen LogP contribution in [0.4, 0.5) is 27.8 Å². The minimum Gasteiger partial charge on any atom is -0.383 e. The Labute approximate surface area is 222 Å². The number of fused-ring (bicyclic) bond motifs is 3. The molecule has 0 radical (unpaired) electrons. The molecule has 3 heterocycles. The second-order valence-corrected chi connectivity index (χ2v) is 9.51. The van der Waals surface area contributed by atoms with Crippen molar-refractivity contribution in [3.8, 4) is 0 Å². The van der Waals surface area contributed by atoms with Gasteiger partial charge in [0.1, 0.15) is 42.4 Å². The summed E-state index contributed by atoms with van der Waals surface area (Å²) < 4.78 is 70.1. The van der Waals surface area contributed by atoms with Crippen molar-refractivity contribution >= 4 is 51.2 Å². The van der Waals surface area contributed by atoms with Crippen molar-refractivity contribution in [2.45, 2.75) is 37.9 Å². The highest BCUT2D eigenvalue weighted by molar-refractivity contribution is 6.30. The van der Waals surface area contributed by atoms with Crippen molar-refractivity contribution in [1.29, 1.82) is 0 Å². The van der Waals surface area contributed by atoms with Crippen molar-refractivity contribution in [3.63, 3.8) is 0 Å². The zero-order valence-electron chi connectivity index (χ0n) is 20.0. The molecule has 0 aliphatic carbocycles. The van der Waals surface area contributed by atoms with Crippen LogP contribution in [0.3, 0.4) is 0 Å². The van der Waals surface area contributed by atoms with E-state index in [4.69, 9.17) is 17.3 Å². The molecule has 2 aromatic carbocycles. The Bertz CT molecular complexity index is 1610. The van der Waals surface area contributed by atoms with Crippen molar-refractivity contribution in [2.24, 2.45) is 0 Å². The molecular weight excluding hydrogens is 547 g/mol. The quantitative estimate of drug-likeness (QED) is 0.352. The largest absolute Gasteiger partial charge is 0.416 e. The van der Waals surface area contributed by atoms with E-state index < -0.39 is 48.1 Å². The minimum absolute atomic E-state index is 0.0778. The van der Waals surface area contributed by atoms with Gasteiger partial charge in [0.2, 0.25) is 11.8 Å². The maximum Gasteiger partial charge on any atom is 0.416 e. The van der Waals surface area contributed by atoms with E-state index in [9.17, 15) is 31.5 Å². The van der Waals surface area contributed by atoms with Crippen LogP contribution >= 0.6 is 11.6 Å². The van der Waals surface area contributed by atoms with E-state index in [-0.39, 0.29) is 57.9 Å². The van der Waals surface area contributed by atoms with Crippen LogP contribution in [-0.2, 0) is 28.9 Å². The number of amides is 2. The fourth-order valence-corrected chi connectivity index (χ4v) is 4.99. The van der Waals surface area contributed by atoms with E-state index in [0.29, 0.717) is 0 Å². The van der Waals surface area contributed by atoms with E-state index >= 15 is 0 Å². The van der Waals surface area contributed by atoms with Crippen molar-refractivity contribution < 1.29 is 31.5 Å². The number of nitrogens with one attached hydrogen (secondary N) is 1. The number of halogens is 6. The van der Waals surface area contributed by atoms with Gasteiger partial charge < -0.3 is 20.5 Å². The van der Waals surface area contributed by atoms with E-state index in [1.165, 1.54) is 28.8 Å². The van der Waals surface area contributed by atoms with Crippen molar-refractivity contribution in [2.75, 3.05) is 12.3 Å². The lowest BCUT2D eigenvalue weighted by Gasteiger charge is -2.24. The Morgan fingerprint density at radius 3 is 2.69 bits per heavy atom. The summed E-state index contributed by atoms with van der Waals surface area (Å²) in [7, 11) is 0. The summed E-state index contributed by atoms with van der Waals surface area (Å²) in [5.41, 5.74) is 5.48. The number of anilines is 1. The van der Waals surface area contributed by atoms with Crippen LogP contribution in [0, 0.1) is 5.82 Å². The van der Waals surface area contributed by atoms with Gasteiger partial charge in [-0.3, -0.25) is 9.59 Å². The lowest BCUT2D eigenvalue weighted by molar-refractivity contribution is -0.139. The lowest BCUT2D eigenvalue weighted by atomic mass is 10.1. The first-order valence-corrected chi connectivity index (χ1v) is 12.1. The summed E-state index contributed by atoms with van der Waals surface area (Å²) in [4.78, 5) is 35.3. The zero-order valence-corrected chi connectivity index (χ0v) is 20.7. The molecule has 2 atom stereocenters. The Hall–Kier alpha value is -4.00. The third-order valence-corrected chi connectivity index (χ3v) is 6.94. The third-order valence-electron chi connectivity index (χ3n) is 6.65. The number of carbonyl (C=O) groups is 2. The molecule has 4 aromatic rings. The van der Waals surface area contributed by atoms with Gasteiger partial charge in [-0.05, 0) is 24.3 Å². The van der Waals surface area contributed by atoms with Gasteiger partial charge in [0, 0.05) is 23.9 Å². The summed E-state index contributed by atoms with van der Waals surface area (Å²) in [5.74, 6) is -2.14. The molecule has 39 heavy (non-hydrogen) atoms. The summed E-state index contributed by atoms with van der Waals surface area (Å²) in [6.07, 6.45) is -5.27. The predicted molar refractivity (Wildman–Crippen MR) is 133 cm³/mol. The number of nitrogens with two attached hydrogens (primary N) is 1. The molecule has 3 N–H and O–H groups in total. The molecule has 0 bridgehead atoms. The maximum atomic E-state index is 14.4. The van der Waals surface area contributed by atoms with Gasteiger partial charge in [0.05, 0.1) is 28.0 Å². The van der Waals surface area contributed by atoms with E-state index in [0.717, 1.165) is 23.4 Å². The highest BCUT2D eigenvalue weighted by Gasteiger charge is 2.40. The fourth-order valence-electron chi connectivity index (χ4n) is 4.79. The summed E-state index contributed by atoms with van der Waals surface area (Å²) >= 11 is 5.77. The van der Waals surface area contributed by atoms with Crippen LogP contribution in [-0.4, -0.2) is 50.0 Å². The van der Waals surface area contributed by atoms with Gasteiger partial charge in [-0.25, -0.2) is 18.7 Å². The van der Waals surface area contributed by atoms with Gasteiger partial charge >= 0.3 is 6.18 Å². The third kappa shape index (κ3) is 4.93. The van der Waals surface area contributed by atoms with Crippen molar-refractivity contribution in [1.82, 2.24) is 24.8 Å². The van der Waals surface area contributed by atoms with Crippen LogP contribution in [0.2, 0.25) is 5.02 Å². The molecule has 0 saturated carbocycles. The molecule has 14 heteroatoms. The maximum absolute atomic E-state index is 14.4. The molecule has 0 unspecified atom stereocenters. The van der Waals surface area contributed by atoms with Crippen LogP contribution in [0.1, 0.15) is 17.5 Å². The smallest absolute Gasteiger partial charge is 0.383 e. The van der Waals surface area contributed by atoms with Gasteiger partial charge in [-0.1, -0.05) is 23.7 Å². The Kier molecular flexibility index (Phi) is 6.79. The molecule has 0 spiro atoms. The number of carbonyl (C=O) groups excluding carboxylic acids is 2. The first-order chi connectivity index (χ1) is 18.5. The molecule has 8 nitrogen and oxygen atoms in total. The minimum atomic E-state index is -4.62. The summed E-state index contributed by atoms with van der Waals surface area (Å²) in [5, 5.41) is 2.61. The molecule has 204 valence electrons. The SMILES string of the molecule is Nc1ncnc2c1c1cc(C(F)(F)F)ccc1n2CC(=O)N1C[C@H](F)C[C@@H]1C(=O)NCc1cccc(Cl)c1F. The van der Waals surface area contributed by atoms with E-state index in [2.05, 4.69) is 15.3 Å². The van der Waals surface area contributed by atoms with Crippen LogP contribution in [0.15, 0.2) is 42.7 Å². The number of alkyl halides is 4. The molecule has 2 amide bonds. The zero-order chi connectivity index (χ0) is 28.1. The van der Waals surface area contributed by atoms with Crippen LogP contribution < -0.4 is 11.1 Å². The summed E-state index contributed by atoms with van der Waals surface area (Å²) in [6, 6.07) is 6.07. The number of rotatable bonds is 5. The number of nitrogens with zero attached hydrogens (tertiary/aromatic N) is 4. The Morgan fingerprint density at radius 1 is 1.18 bits per heavy atom. The molecule has 2 aromatic heterocycles. The normalized spacial score (nSPS) is 17.7. The molecule has 1 fully saturated rings. The standard InChI is InChI=1S/C25H20ClF5N6O2/c26-16-3-1-2-12(21(16)28)8-33-24(39)18-7-14(27)9-36(18)19(38)10-37-17-5-4-13(25(29,30)31)6-15(17)20-22(32)34-11-35-23(20)37/h1-6,11,14,18H,7-10H2,(H,33,39)(H2,32,34,35)/t14-,18-/m1/s1. The monoisotopic (exact) mass is 566 g/mol. The number of nitrogen functional groups attached to an aromatic ring is 1. The summed E-state index contributed by atoms with van der Waals surface area (Å²) in [6.45, 7) is -1.05. The van der Waals surface area contributed by atoms with Gasteiger partial charge in [-0.15, -0.1) is 0 Å². The average molecular weight is 567 g/mol. The fraction of sp³-hybridized carbons (Fsp3) is 0.280. The molecule has 5 rings (SSSR count). The number of aromatic nitrogens is 3. The van der Waals surface area contributed by atoms with Crippen LogP contribution in [0.25, 0.3) is 21.9 Å². The molecule has 1 aliphatic rings. The van der Waals surface area contributed by atoms with Gasteiger partial charge in [0.15, 0.2) is 0 Å². The topological polar surface area (TPSA) is 106 Å². The van der Waals surface area contributed by atoms with Gasteiger partial charge in [0.25, 0.3) is 0 Å². The first kappa shape index (κ1) is 26.6. The number of benzene rings is 2. The molecular formula is C25H20ClF5N6O2. The van der Waals surface area contributed by atoms with E-state index in [1.54, 1.807) is 0 Å². The number of likely N-dealkylation sites (tertiary alicyclic amines) is 1. The first-order valence-electron chi connectivity index (χ1n) is 11.7. The second-order valence-electron chi connectivity index (χ2n) is 9.10. The number of hydrogen-bond acceptors (Lipinski definition) is 5. The second kappa shape index (κ2) is 9.95. The lowest BCUT2D eigenvalue weighted by Crippen LogP contribution is -2.46. The van der Waals surface area contributed by atoms with E-state index in [1.807, 2.05) is 0 Å². The molecule has 1 aliphatic heterocycles. The highest BCUT2D eigenvalue weighted by atomic mass is 35.5.